The fraction of sp³-hybridized carbons (Fsp3) is 0.526. The average Bonchev–Trinajstić information content (AvgIpc) is 3.47. The molecule has 0 unspecified atom stereocenters. The van der Waals surface area contributed by atoms with Crippen LogP contribution in [-0.4, -0.2) is 66.0 Å². The zero-order valence-corrected chi connectivity index (χ0v) is 15.4. The highest BCUT2D eigenvalue weighted by molar-refractivity contribution is 6.09. The van der Waals surface area contributed by atoms with Crippen LogP contribution >= 0.6 is 0 Å². The van der Waals surface area contributed by atoms with E-state index in [1.54, 1.807) is 14.0 Å². The van der Waals surface area contributed by atoms with Gasteiger partial charge in [0.2, 0.25) is 5.91 Å². The summed E-state index contributed by atoms with van der Waals surface area (Å²) < 4.78 is 11.5. The van der Waals surface area contributed by atoms with Gasteiger partial charge in [-0.3, -0.25) is 14.5 Å². The lowest BCUT2D eigenvalue weighted by Crippen LogP contribution is -2.48. The number of carbonyl (C=O) groups excluding carboxylic acids is 3. The highest BCUT2D eigenvalue weighted by Gasteiger charge is 2.56. The summed E-state index contributed by atoms with van der Waals surface area (Å²) in [6.45, 7) is 2.10. The molecule has 144 valence electrons. The molecule has 1 aliphatic carbocycles. The maximum absolute atomic E-state index is 12.6. The molecular weight excluding hydrogens is 350 g/mol. The van der Waals surface area contributed by atoms with Gasteiger partial charge in [-0.05, 0) is 37.8 Å². The van der Waals surface area contributed by atoms with Gasteiger partial charge in [0.1, 0.15) is 18.7 Å². The van der Waals surface area contributed by atoms with Gasteiger partial charge in [-0.15, -0.1) is 0 Å². The molecule has 3 aliphatic rings. The molecule has 4 rings (SSSR count). The van der Waals surface area contributed by atoms with Crippen molar-refractivity contribution in [3.05, 3.63) is 24.3 Å². The Morgan fingerprint density at radius 1 is 1.30 bits per heavy atom. The summed E-state index contributed by atoms with van der Waals surface area (Å²) in [4.78, 5) is 39.9. The number of urea groups is 1. The summed E-state index contributed by atoms with van der Waals surface area (Å²) in [6, 6.07) is 6.87. The van der Waals surface area contributed by atoms with Crippen LogP contribution in [0, 0.1) is 5.92 Å². The lowest BCUT2D eigenvalue weighted by molar-refractivity contribution is -0.139. The summed E-state index contributed by atoms with van der Waals surface area (Å²) >= 11 is 0. The Labute approximate surface area is 157 Å². The third-order valence-electron chi connectivity index (χ3n) is 5.46. The summed E-state index contributed by atoms with van der Waals surface area (Å²) in [5, 5.41) is 2.75. The van der Waals surface area contributed by atoms with Crippen molar-refractivity contribution in [1.82, 2.24) is 15.1 Å². The zero-order valence-electron chi connectivity index (χ0n) is 15.4. The third-order valence-corrected chi connectivity index (χ3v) is 5.46. The van der Waals surface area contributed by atoms with E-state index in [2.05, 4.69) is 5.32 Å². The molecule has 0 spiro atoms. The number of carbonyl (C=O) groups is 3. The molecular formula is C19H23N3O5. The van der Waals surface area contributed by atoms with Crippen LogP contribution in [0.1, 0.15) is 19.8 Å². The average molecular weight is 373 g/mol. The van der Waals surface area contributed by atoms with E-state index in [-0.39, 0.29) is 30.4 Å². The lowest BCUT2D eigenvalue weighted by atomic mass is 9.96. The highest BCUT2D eigenvalue weighted by atomic mass is 16.6. The lowest BCUT2D eigenvalue weighted by Gasteiger charge is -2.30. The van der Waals surface area contributed by atoms with Crippen LogP contribution in [0.25, 0.3) is 0 Å². The Morgan fingerprint density at radius 3 is 2.70 bits per heavy atom. The van der Waals surface area contributed by atoms with Crippen molar-refractivity contribution < 1.29 is 23.9 Å². The predicted octanol–water partition coefficient (Wildman–Crippen LogP) is 1.01. The number of benzene rings is 1. The first-order chi connectivity index (χ1) is 12.9. The number of fused-ring (bicyclic) bond motifs is 1. The van der Waals surface area contributed by atoms with Crippen LogP contribution in [0.5, 0.6) is 11.5 Å². The van der Waals surface area contributed by atoms with Crippen molar-refractivity contribution in [1.29, 1.82) is 0 Å². The Hall–Kier alpha value is -2.77. The van der Waals surface area contributed by atoms with E-state index in [9.17, 15) is 14.4 Å². The van der Waals surface area contributed by atoms with Gasteiger partial charge in [0, 0.05) is 7.05 Å². The van der Waals surface area contributed by atoms with Crippen LogP contribution in [-0.2, 0) is 9.59 Å². The van der Waals surface area contributed by atoms with Gasteiger partial charge in [-0.1, -0.05) is 12.1 Å². The summed E-state index contributed by atoms with van der Waals surface area (Å²) in [5.41, 5.74) is -0.875. The second kappa shape index (κ2) is 6.44. The molecule has 1 aromatic carbocycles. The first-order valence-electron chi connectivity index (χ1n) is 9.15. The van der Waals surface area contributed by atoms with E-state index in [4.69, 9.17) is 9.47 Å². The van der Waals surface area contributed by atoms with Crippen molar-refractivity contribution in [2.24, 2.45) is 5.92 Å². The minimum absolute atomic E-state index is 0.166. The molecule has 2 atom stereocenters. The van der Waals surface area contributed by atoms with Crippen LogP contribution in [0.2, 0.25) is 0 Å². The van der Waals surface area contributed by atoms with E-state index < -0.39 is 11.6 Å². The monoisotopic (exact) mass is 373 g/mol. The fourth-order valence-electron chi connectivity index (χ4n) is 3.61. The van der Waals surface area contributed by atoms with Gasteiger partial charge in [0.25, 0.3) is 5.91 Å². The summed E-state index contributed by atoms with van der Waals surface area (Å²) in [6.07, 6.45) is 1.53. The van der Waals surface area contributed by atoms with E-state index in [0.717, 1.165) is 17.7 Å². The Bertz CT molecular complexity index is 793. The number of hydrogen-bond donors (Lipinski definition) is 1. The second-order valence-electron chi connectivity index (χ2n) is 7.57. The number of amides is 4. The van der Waals surface area contributed by atoms with Crippen LogP contribution < -0.4 is 14.8 Å². The van der Waals surface area contributed by atoms with Crippen molar-refractivity contribution in [3.63, 3.8) is 0 Å². The first kappa shape index (κ1) is 17.6. The molecule has 8 heteroatoms. The fourth-order valence-corrected chi connectivity index (χ4v) is 3.61. The van der Waals surface area contributed by atoms with Crippen molar-refractivity contribution in [2.75, 3.05) is 26.7 Å². The van der Waals surface area contributed by atoms with Gasteiger partial charge in [-0.2, -0.15) is 0 Å². The predicted molar refractivity (Wildman–Crippen MR) is 95.4 cm³/mol. The van der Waals surface area contributed by atoms with Gasteiger partial charge in [0.05, 0.1) is 6.54 Å². The summed E-state index contributed by atoms with van der Waals surface area (Å²) in [5.74, 6) is 0.855. The molecule has 1 aromatic rings. The zero-order chi connectivity index (χ0) is 19.2. The maximum atomic E-state index is 12.6. The van der Waals surface area contributed by atoms with Gasteiger partial charge < -0.3 is 19.7 Å². The maximum Gasteiger partial charge on any atom is 0.325 e. The molecule has 2 fully saturated rings. The molecule has 2 heterocycles. The molecule has 27 heavy (non-hydrogen) atoms. The first-order valence-corrected chi connectivity index (χ1v) is 9.15. The molecule has 4 amide bonds. The number of para-hydroxylation sites is 2. The van der Waals surface area contributed by atoms with E-state index in [0.29, 0.717) is 24.7 Å². The van der Waals surface area contributed by atoms with Crippen molar-refractivity contribution in [3.8, 4) is 11.5 Å². The summed E-state index contributed by atoms with van der Waals surface area (Å²) in [7, 11) is 1.63. The topological polar surface area (TPSA) is 88.2 Å². The molecule has 1 N–H and O–H groups in total. The van der Waals surface area contributed by atoms with E-state index in [1.807, 2.05) is 24.3 Å². The van der Waals surface area contributed by atoms with Crippen LogP contribution in [0.15, 0.2) is 24.3 Å². The number of likely N-dealkylation sites (N-methyl/N-ethyl adjacent to an activating group) is 1. The van der Waals surface area contributed by atoms with Crippen LogP contribution in [0.4, 0.5) is 4.79 Å². The van der Waals surface area contributed by atoms with E-state index in [1.165, 1.54) is 4.90 Å². The highest BCUT2D eigenvalue weighted by Crippen LogP contribution is 2.42. The molecule has 0 bridgehead atoms. The quantitative estimate of drug-likeness (QED) is 0.778. The molecule has 1 saturated carbocycles. The Balaban J connectivity index is 1.35. The molecule has 0 aromatic heterocycles. The molecule has 0 radical (unpaired) electrons. The minimum atomic E-state index is -0.875. The molecule has 1 saturated heterocycles. The second-order valence-corrected chi connectivity index (χ2v) is 7.57. The molecule has 2 aliphatic heterocycles. The standard InChI is InChI=1S/C19H23N3O5/c1-19(12-7-8-12)17(24)22(18(25)20-19)10-16(23)21(2)9-13-11-26-14-5-3-4-6-15(14)27-13/h3-6,12-13H,7-11H2,1-2H3,(H,20,25)/t13-,19+/m1/s1. The number of nitrogens with one attached hydrogen (secondary N) is 1. The molecule has 8 nitrogen and oxygen atoms in total. The smallest absolute Gasteiger partial charge is 0.325 e. The Kier molecular flexibility index (Phi) is 4.20. The van der Waals surface area contributed by atoms with Gasteiger partial charge in [0.15, 0.2) is 17.6 Å². The van der Waals surface area contributed by atoms with Crippen LogP contribution in [0.3, 0.4) is 0 Å². The minimum Gasteiger partial charge on any atom is -0.486 e. The number of imide groups is 1. The van der Waals surface area contributed by atoms with E-state index >= 15 is 0 Å². The van der Waals surface area contributed by atoms with Crippen molar-refractivity contribution in [2.45, 2.75) is 31.4 Å². The van der Waals surface area contributed by atoms with Gasteiger partial charge >= 0.3 is 6.03 Å². The number of ether oxygens (including phenoxy) is 2. The normalized spacial score (nSPS) is 26.7. The third kappa shape index (κ3) is 3.20. The van der Waals surface area contributed by atoms with Gasteiger partial charge in [-0.25, -0.2) is 4.79 Å². The largest absolute Gasteiger partial charge is 0.486 e. The van der Waals surface area contributed by atoms with Crippen molar-refractivity contribution >= 4 is 17.8 Å². The number of hydrogen-bond acceptors (Lipinski definition) is 5. The number of nitrogens with zero attached hydrogens (tertiary/aromatic N) is 2. The SMILES string of the molecule is CN(C[C@@H]1COc2ccccc2O1)C(=O)CN1C(=O)N[C@@](C)(C2CC2)C1=O. The Morgan fingerprint density at radius 2 is 2.00 bits per heavy atom. The number of rotatable bonds is 5.